The quantitative estimate of drug-likeness (QED) is 0.758. The van der Waals surface area contributed by atoms with Crippen LogP contribution in [0.2, 0.25) is 0 Å². The predicted octanol–water partition coefficient (Wildman–Crippen LogP) is 0.917. The molecule has 1 heterocycles. The van der Waals surface area contributed by atoms with Gasteiger partial charge < -0.3 is 10.3 Å². The highest BCUT2D eigenvalue weighted by molar-refractivity contribution is 7.80. The molecule has 4 nitrogen and oxygen atoms in total. The van der Waals surface area contributed by atoms with Crippen molar-refractivity contribution in [2.24, 2.45) is 12.8 Å². The van der Waals surface area contributed by atoms with Gasteiger partial charge in [0.15, 0.2) is 0 Å². The molecule has 0 aliphatic rings. The molecule has 5 heteroatoms. The van der Waals surface area contributed by atoms with Crippen molar-refractivity contribution in [2.45, 2.75) is 25.9 Å². The van der Waals surface area contributed by atoms with E-state index in [1.807, 2.05) is 17.8 Å². The van der Waals surface area contributed by atoms with E-state index in [1.54, 1.807) is 6.20 Å². The Balaban J connectivity index is 2.52. The summed E-state index contributed by atoms with van der Waals surface area (Å²) in [7, 11) is 4.05. The third kappa shape index (κ3) is 3.60. The molecule has 0 radical (unpaired) electrons. The van der Waals surface area contributed by atoms with Crippen LogP contribution in [0.4, 0.5) is 0 Å². The lowest BCUT2D eigenvalue weighted by Gasteiger charge is -2.23. The van der Waals surface area contributed by atoms with Crippen molar-refractivity contribution in [3.05, 3.63) is 18.2 Å². The third-order valence-corrected chi connectivity index (χ3v) is 2.73. The van der Waals surface area contributed by atoms with E-state index in [0.717, 1.165) is 18.8 Å². The molecular weight excluding hydrogens is 208 g/mol. The van der Waals surface area contributed by atoms with Gasteiger partial charge in [-0.15, -0.1) is 0 Å². The van der Waals surface area contributed by atoms with E-state index in [1.165, 1.54) is 0 Å². The number of imidazole rings is 1. The Labute approximate surface area is 96.1 Å². The fourth-order valence-corrected chi connectivity index (χ4v) is 1.62. The molecule has 1 aromatic heterocycles. The number of hydrogen-bond acceptors (Lipinski definition) is 3. The van der Waals surface area contributed by atoms with E-state index in [9.17, 15) is 0 Å². The van der Waals surface area contributed by atoms with E-state index in [2.05, 4.69) is 23.9 Å². The molecule has 15 heavy (non-hydrogen) atoms. The molecule has 0 saturated carbocycles. The normalized spacial score (nSPS) is 13.1. The van der Waals surface area contributed by atoms with Crippen LogP contribution < -0.4 is 5.73 Å². The zero-order valence-corrected chi connectivity index (χ0v) is 10.3. The molecule has 1 unspecified atom stereocenters. The van der Waals surface area contributed by atoms with E-state index in [-0.39, 0.29) is 0 Å². The number of aromatic nitrogens is 2. The predicted molar refractivity (Wildman–Crippen MR) is 65.5 cm³/mol. The maximum Gasteiger partial charge on any atom is 0.122 e. The van der Waals surface area contributed by atoms with Crippen LogP contribution in [0.3, 0.4) is 0 Å². The van der Waals surface area contributed by atoms with Crippen LogP contribution >= 0.6 is 12.2 Å². The molecule has 2 N–H and O–H groups in total. The van der Waals surface area contributed by atoms with E-state index in [0.29, 0.717) is 11.0 Å². The topological polar surface area (TPSA) is 47.1 Å². The summed E-state index contributed by atoms with van der Waals surface area (Å²) in [5.74, 6) is 1.05. The number of nitrogens with zero attached hydrogens (tertiary/aromatic N) is 3. The first-order valence-electron chi connectivity index (χ1n) is 4.95. The van der Waals surface area contributed by atoms with Crippen LogP contribution in [0.25, 0.3) is 0 Å². The summed E-state index contributed by atoms with van der Waals surface area (Å²) in [5, 5.41) is 0. The Morgan fingerprint density at radius 3 is 2.87 bits per heavy atom. The Hall–Kier alpha value is -0.940. The van der Waals surface area contributed by atoms with Crippen LogP contribution in [-0.2, 0) is 13.6 Å². The minimum absolute atomic E-state index is 0.346. The van der Waals surface area contributed by atoms with Crippen molar-refractivity contribution in [2.75, 3.05) is 7.05 Å². The maximum atomic E-state index is 5.52. The molecule has 0 amide bonds. The van der Waals surface area contributed by atoms with Gasteiger partial charge in [0.25, 0.3) is 0 Å². The smallest absolute Gasteiger partial charge is 0.122 e. The first kappa shape index (κ1) is 12.1. The molecule has 1 atom stereocenters. The molecule has 0 aliphatic heterocycles. The Morgan fingerprint density at radius 1 is 1.73 bits per heavy atom. The van der Waals surface area contributed by atoms with Gasteiger partial charge in [0.2, 0.25) is 0 Å². The minimum Gasteiger partial charge on any atom is -0.393 e. The lowest BCUT2D eigenvalue weighted by atomic mass is 10.2. The first-order chi connectivity index (χ1) is 7.00. The Morgan fingerprint density at radius 2 is 2.40 bits per heavy atom. The second-order valence-electron chi connectivity index (χ2n) is 3.89. The summed E-state index contributed by atoms with van der Waals surface area (Å²) in [4.78, 5) is 7.03. The summed E-state index contributed by atoms with van der Waals surface area (Å²) in [5.41, 5.74) is 5.52. The zero-order valence-electron chi connectivity index (χ0n) is 9.47. The standard InChI is InChI=1S/C10H18N4S/c1-8(6-9(11)15)14(3)7-10-12-4-5-13(10)2/h4-5,8H,6-7H2,1-3H3,(H2,11,15). The summed E-state index contributed by atoms with van der Waals surface area (Å²) in [6, 6.07) is 0.346. The van der Waals surface area contributed by atoms with Crippen LogP contribution in [-0.4, -0.2) is 32.5 Å². The van der Waals surface area contributed by atoms with Gasteiger partial charge >= 0.3 is 0 Å². The SMILES string of the molecule is CC(CC(N)=S)N(C)Cc1nccn1C. The van der Waals surface area contributed by atoms with E-state index < -0.39 is 0 Å². The highest BCUT2D eigenvalue weighted by Crippen LogP contribution is 2.06. The van der Waals surface area contributed by atoms with Gasteiger partial charge in [-0.3, -0.25) is 4.90 Å². The maximum absolute atomic E-state index is 5.52. The molecule has 84 valence electrons. The largest absolute Gasteiger partial charge is 0.393 e. The Bertz CT molecular complexity index is 334. The second-order valence-corrected chi connectivity index (χ2v) is 4.41. The number of hydrogen-bond donors (Lipinski definition) is 1. The van der Waals surface area contributed by atoms with Gasteiger partial charge in [0, 0.05) is 31.9 Å². The van der Waals surface area contributed by atoms with Crippen molar-refractivity contribution in [3.8, 4) is 0 Å². The van der Waals surface area contributed by atoms with Gasteiger partial charge in [0.1, 0.15) is 5.82 Å². The van der Waals surface area contributed by atoms with Crippen molar-refractivity contribution in [1.82, 2.24) is 14.5 Å². The van der Waals surface area contributed by atoms with Crippen molar-refractivity contribution >= 4 is 17.2 Å². The highest BCUT2D eigenvalue weighted by atomic mass is 32.1. The van der Waals surface area contributed by atoms with Gasteiger partial charge in [-0.05, 0) is 14.0 Å². The van der Waals surface area contributed by atoms with Crippen molar-refractivity contribution in [3.63, 3.8) is 0 Å². The summed E-state index contributed by atoms with van der Waals surface area (Å²) in [6.45, 7) is 2.93. The molecule has 0 fully saturated rings. The number of nitrogens with two attached hydrogens (primary N) is 1. The summed E-state index contributed by atoms with van der Waals surface area (Å²) < 4.78 is 2.02. The molecule has 0 spiro atoms. The summed E-state index contributed by atoms with van der Waals surface area (Å²) >= 11 is 4.90. The lowest BCUT2D eigenvalue weighted by molar-refractivity contribution is 0.247. The number of thiocarbonyl (C=S) groups is 1. The van der Waals surface area contributed by atoms with E-state index in [4.69, 9.17) is 18.0 Å². The van der Waals surface area contributed by atoms with Gasteiger partial charge in [-0.25, -0.2) is 4.98 Å². The fourth-order valence-electron chi connectivity index (χ4n) is 1.37. The molecule has 0 bridgehead atoms. The Kier molecular flexibility index (Phi) is 4.23. The van der Waals surface area contributed by atoms with Crippen LogP contribution in [0.1, 0.15) is 19.2 Å². The van der Waals surface area contributed by atoms with Crippen molar-refractivity contribution in [1.29, 1.82) is 0 Å². The number of rotatable bonds is 5. The summed E-state index contributed by atoms with van der Waals surface area (Å²) in [6.07, 6.45) is 4.50. The second kappa shape index (κ2) is 5.23. The van der Waals surface area contributed by atoms with Crippen LogP contribution in [0, 0.1) is 0 Å². The molecule has 0 aromatic carbocycles. The monoisotopic (exact) mass is 226 g/mol. The van der Waals surface area contributed by atoms with Gasteiger partial charge in [-0.2, -0.15) is 0 Å². The number of aryl methyl sites for hydroxylation is 1. The first-order valence-corrected chi connectivity index (χ1v) is 5.36. The van der Waals surface area contributed by atoms with Crippen LogP contribution in [0.5, 0.6) is 0 Å². The highest BCUT2D eigenvalue weighted by Gasteiger charge is 2.12. The molecule has 1 aromatic rings. The molecule has 1 rings (SSSR count). The third-order valence-electron chi connectivity index (χ3n) is 2.56. The fraction of sp³-hybridized carbons (Fsp3) is 0.600. The molecule has 0 saturated heterocycles. The van der Waals surface area contributed by atoms with Gasteiger partial charge in [0.05, 0.1) is 11.5 Å². The average Bonchev–Trinajstić information content (AvgIpc) is 2.50. The van der Waals surface area contributed by atoms with Gasteiger partial charge in [-0.1, -0.05) is 12.2 Å². The van der Waals surface area contributed by atoms with Crippen LogP contribution in [0.15, 0.2) is 12.4 Å². The zero-order chi connectivity index (χ0) is 11.4. The lowest BCUT2D eigenvalue weighted by Crippen LogP contribution is -2.32. The molecule has 0 aliphatic carbocycles. The van der Waals surface area contributed by atoms with E-state index >= 15 is 0 Å². The molecular formula is C10H18N4S. The average molecular weight is 226 g/mol. The van der Waals surface area contributed by atoms with Crippen molar-refractivity contribution < 1.29 is 0 Å². The minimum atomic E-state index is 0.346.